The second kappa shape index (κ2) is 5.92. The molecule has 0 amide bonds. The lowest BCUT2D eigenvalue weighted by Crippen LogP contribution is -2.15. The number of aromatic hydroxyl groups is 1. The fourth-order valence-corrected chi connectivity index (χ4v) is 3.21. The molecule has 0 heterocycles. The van der Waals surface area contributed by atoms with Gasteiger partial charge in [-0.05, 0) is 67.7 Å². The van der Waals surface area contributed by atoms with E-state index in [0.29, 0.717) is 5.75 Å². The van der Waals surface area contributed by atoms with Crippen LogP contribution in [-0.4, -0.2) is 18.0 Å². The first-order valence-electron chi connectivity index (χ1n) is 7.72. The number of phenols is 1. The summed E-state index contributed by atoms with van der Waals surface area (Å²) in [6.45, 7) is 4.08. The molecule has 0 saturated carbocycles. The summed E-state index contributed by atoms with van der Waals surface area (Å²) in [5.41, 5.74) is 5.87. The Kier molecular flexibility index (Phi) is 3.95. The number of carbonyl (C=O) groups excluding carboxylic acids is 1. The number of fused-ring (bicyclic) bond motifs is 1. The summed E-state index contributed by atoms with van der Waals surface area (Å²) in [7, 11) is 1.51. The van der Waals surface area contributed by atoms with Crippen molar-refractivity contribution in [2.45, 2.75) is 26.7 Å². The van der Waals surface area contributed by atoms with Gasteiger partial charge in [-0.25, -0.2) is 0 Å². The first kappa shape index (κ1) is 15.3. The Bertz CT molecular complexity index is 816. The standard InChI is InChI=1S/C20H20O3/c1-12-8-13(2)16-6-5-15(20(22)17(16)9-12)10-14-4-7-19(23-3)18(21)11-14/h4,7-11,21H,5-6H2,1-3H3/b15-10-. The zero-order valence-electron chi connectivity index (χ0n) is 13.6. The molecule has 3 heteroatoms. The van der Waals surface area contributed by atoms with E-state index in [-0.39, 0.29) is 11.5 Å². The molecule has 0 unspecified atom stereocenters. The molecule has 2 aromatic carbocycles. The maximum absolute atomic E-state index is 12.8. The van der Waals surface area contributed by atoms with E-state index >= 15 is 0 Å². The minimum atomic E-state index is 0.0807. The topological polar surface area (TPSA) is 46.5 Å². The monoisotopic (exact) mass is 308 g/mol. The van der Waals surface area contributed by atoms with E-state index in [2.05, 4.69) is 13.0 Å². The Labute approximate surface area is 136 Å². The van der Waals surface area contributed by atoms with E-state index in [4.69, 9.17) is 4.74 Å². The van der Waals surface area contributed by atoms with Crippen molar-refractivity contribution in [3.63, 3.8) is 0 Å². The molecule has 1 aliphatic carbocycles. The highest BCUT2D eigenvalue weighted by atomic mass is 16.5. The lowest BCUT2D eigenvalue weighted by Gasteiger charge is -2.20. The van der Waals surface area contributed by atoms with Crippen molar-refractivity contribution in [3.05, 3.63) is 63.7 Å². The Morgan fingerprint density at radius 1 is 1.13 bits per heavy atom. The van der Waals surface area contributed by atoms with Gasteiger partial charge in [0.1, 0.15) is 0 Å². The molecule has 0 saturated heterocycles. The Morgan fingerprint density at radius 3 is 2.61 bits per heavy atom. The largest absolute Gasteiger partial charge is 0.504 e. The normalized spacial score (nSPS) is 15.6. The maximum Gasteiger partial charge on any atom is 0.189 e. The number of allylic oxidation sites excluding steroid dienone is 1. The number of benzene rings is 2. The summed E-state index contributed by atoms with van der Waals surface area (Å²) in [6, 6.07) is 9.27. The highest BCUT2D eigenvalue weighted by Crippen LogP contribution is 2.32. The van der Waals surface area contributed by atoms with Crippen LogP contribution in [0.5, 0.6) is 11.5 Å². The maximum atomic E-state index is 12.8. The van der Waals surface area contributed by atoms with Crippen molar-refractivity contribution in [1.29, 1.82) is 0 Å². The van der Waals surface area contributed by atoms with Gasteiger partial charge in [-0.3, -0.25) is 4.79 Å². The summed E-state index contributed by atoms with van der Waals surface area (Å²) in [5, 5.41) is 9.88. The number of hydrogen-bond acceptors (Lipinski definition) is 3. The van der Waals surface area contributed by atoms with Gasteiger partial charge in [0, 0.05) is 11.1 Å². The van der Waals surface area contributed by atoms with E-state index in [1.807, 2.05) is 25.1 Å². The van der Waals surface area contributed by atoms with E-state index in [1.54, 1.807) is 12.1 Å². The fraction of sp³-hybridized carbons (Fsp3) is 0.250. The van der Waals surface area contributed by atoms with Gasteiger partial charge in [0.05, 0.1) is 7.11 Å². The van der Waals surface area contributed by atoms with Crippen LogP contribution in [0.3, 0.4) is 0 Å². The van der Waals surface area contributed by atoms with Gasteiger partial charge in [0.25, 0.3) is 0 Å². The average molecular weight is 308 g/mol. The molecular weight excluding hydrogens is 288 g/mol. The molecule has 1 N–H and O–H groups in total. The molecule has 0 radical (unpaired) electrons. The highest BCUT2D eigenvalue weighted by molar-refractivity contribution is 6.13. The molecule has 3 rings (SSSR count). The van der Waals surface area contributed by atoms with Gasteiger partial charge in [-0.1, -0.05) is 17.7 Å². The van der Waals surface area contributed by atoms with Crippen LogP contribution in [0.25, 0.3) is 6.08 Å². The molecular formula is C20H20O3. The van der Waals surface area contributed by atoms with Crippen LogP contribution >= 0.6 is 0 Å². The summed E-state index contributed by atoms with van der Waals surface area (Å²) in [4.78, 5) is 12.8. The molecule has 23 heavy (non-hydrogen) atoms. The number of ether oxygens (including phenoxy) is 1. The summed E-state index contributed by atoms with van der Waals surface area (Å²) in [5.74, 6) is 0.601. The van der Waals surface area contributed by atoms with Crippen LogP contribution < -0.4 is 4.74 Å². The van der Waals surface area contributed by atoms with Crippen molar-refractivity contribution in [1.82, 2.24) is 0 Å². The molecule has 0 spiro atoms. The van der Waals surface area contributed by atoms with Crippen LogP contribution in [-0.2, 0) is 6.42 Å². The van der Waals surface area contributed by atoms with Gasteiger partial charge in [-0.15, -0.1) is 0 Å². The number of Topliss-reactive ketones (excluding diaryl/α,β-unsaturated/α-hetero) is 1. The fourth-order valence-electron chi connectivity index (χ4n) is 3.21. The van der Waals surface area contributed by atoms with Crippen LogP contribution in [0, 0.1) is 13.8 Å². The third-order valence-corrected chi connectivity index (χ3v) is 4.34. The minimum absolute atomic E-state index is 0.0807. The van der Waals surface area contributed by atoms with E-state index in [9.17, 15) is 9.90 Å². The molecule has 0 bridgehead atoms. The first-order valence-corrected chi connectivity index (χ1v) is 7.72. The van der Waals surface area contributed by atoms with Gasteiger partial charge >= 0.3 is 0 Å². The molecule has 3 nitrogen and oxygen atoms in total. The second-order valence-corrected chi connectivity index (χ2v) is 6.04. The van der Waals surface area contributed by atoms with Crippen molar-refractivity contribution in [2.75, 3.05) is 7.11 Å². The minimum Gasteiger partial charge on any atom is -0.504 e. The Morgan fingerprint density at radius 2 is 1.91 bits per heavy atom. The molecule has 0 aromatic heterocycles. The van der Waals surface area contributed by atoms with Crippen LogP contribution in [0.4, 0.5) is 0 Å². The van der Waals surface area contributed by atoms with Crippen molar-refractivity contribution >= 4 is 11.9 Å². The van der Waals surface area contributed by atoms with Gasteiger partial charge in [-0.2, -0.15) is 0 Å². The highest BCUT2D eigenvalue weighted by Gasteiger charge is 2.23. The van der Waals surface area contributed by atoms with E-state index in [1.165, 1.54) is 12.7 Å². The Hall–Kier alpha value is -2.55. The number of aryl methyl sites for hydroxylation is 2. The molecule has 0 aliphatic heterocycles. The lowest BCUT2D eigenvalue weighted by atomic mass is 9.83. The van der Waals surface area contributed by atoms with Crippen LogP contribution in [0.1, 0.15) is 39.0 Å². The number of phenolic OH excluding ortho intramolecular Hbond substituents is 1. The van der Waals surface area contributed by atoms with E-state index < -0.39 is 0 Å². The zero-order chi connectivity index (χ0) is 16.6. The number of rotatable bonds is 2. The summed E-state index contributed by atoms with van der Waals surface area (Å²) in [6.07, 6.45) is 3.46. The van der Waals surface area contributed by atoms with Crippen molar-refractivity contribution in [3.8, 4) is 11.5 Å². The molecule has 0 fully saturated rings. The van der Waals surface area contributed by atoms with Gasteiger partial charge in [0.15, 0.2) is 17.3 Å². The average Bonchev–Trinajstić information content (AvgIpc) is 2.51. The first-order chi connectivity index (χ1) is 11.0. The number of ketones is 1. The summed E-state index contributed by atoms with van der Waals surface area (Å²) < 4.78 is 5.05. The molecule has 2 aromatic rings. The molecule has 1 aliphatic rings. The second-order valence-electron chi connectivity index (χ2n) is 6.04. The summed E-state index contributed by atoms with van der Waals surface area (Å²) >= 11 is 0. The molecule has 118 valence electrons. The lowest BCUT2D eigenvalue weighted by molar-refractivity contribution is 0.102. The smallest absolute Gasteiger partial charge is 0.189 e. The van der Waals surface area contributed by atoms with Crippen LogP contribution in [0.15, 0.2) is 35.9 Å². The SMILES string of the molecule is COc1ccc(/C=C2/CCc3c(C)cc(C)cc3C2=O)cc1O. The van der Waals surface area contributed by atoms with Crippen LogP contribution in [0.2, 0.25) is 0 Å². The zero-order valence-corrected chi connectivity index (χ0v) is 13.6. The third-order valence-electron chi connectivity index (χ3n) is 4.34. The van der Waals surface area contributed by atoms with Gasteiger partial charge in [0.2, 0.25) is 0 Å². The van der Waals surface area contributed by atoms with Crippen molar-refractivity contribution < 1.29 is 14.6 Å². The van der Waals surface area contributed by atoms with E-state index in [0.717, 1.165) is 40.7 Å². The third kappa shape index (κ3) is 2.87. The predicted molar refractivity (Wildman–Crippen MR) is 91.2 cm³/mol. The molecule has 0 atom stereocenters. The van der Waals surface area contributed by atoms with Gasteiger partial charge < -0.3 is 9.84 Å². The number of hydrogen-bond donors (Lipinski definition) is 1. The number of carbonyl (C=O) groups is 1. The van der Waals surface area contributed by atoms with Crippen molar-refractivity contribution in [2.24, 2.45) is 0 Å². The predicted octanol–water partition coefficient (Wildman–Crippen LogP) is 4.23. The quantitative estimate of drug-likeness (QED) is 0.845. The number of methoxy groups -OCH3 is 1. The Balaban J connectivity index is 1.99.